The van der Waals surface area contributed by atoms with Gasteiger partial charge in [-0.15, -0.1) is 11.8 Å². The zero-order valence-electron chi connectivity index (χ0n) is 13.5. The van der Waals surface area contributed by atoms with Crippen LogP contribution in [0.25, 0.3) is 0 Å². The number of hydrogen-bond acceptors (Lipinski definition) is 4. The first-order valence-corrected chi connectivity index (χ1v) is 8.71. The van der Waals surface area contributed by atoms with Gasteiger partial charge in [0.15, 0.2) is 0 Å². The summed E-state index contributed by atoms with van der Waals surface area (Å²) < 4.78 is 5.12. The Balaban J connectivity index is 1.79. The molecule has 0 aromatic heterocycles. The van der Waals surface area contributed by atoms with E-state index >= 15 is 0 Å². The molecule has 1 aromatic rings. The molecule has 1 amide bonds. The van der Waals surface area contributed by atoms with Gasteiger partial charge in [-0.2, -0.15) is 0 Å². The van der Waals surface area contributed by atoms with Crippen LogP contribution in [0.5, 0.6) is 5.75 Å². The molecule has 126 valence electrons. The molecule has 23 heavy (non-hydrogen) atoms. The third kappa shape index (κ3) is 5.16. The molecule has 6 heteroatoms. The van der Waals surface area contributed by atoms with Gasteiger partial charge in [-0.25, -0.2) is 0 Å². The average molecular weight is 337 g/mol. The van der Waals surface area contributed by atoms with E-state index in [0.29, 0.717) is 12.8 Å². The van der Waals surface area contributed by atoms with E-state index in [-0.39, 0.29) is 23.1 Å². The molecule has 0 radical (unpaired) electrons. The minimum absolute atomic E-state index is 0.00425. The lowest BCUT2D eigenvalue weighted by Gasteiger charge is -2.27. The molecule has 5 nitrogen and oxygen atoms in total. The Hall–Kier alpha value is -1.69. The fourth-order valence-electron chi connectivity index (χ4n) is 2.72. The average Bonchev–Trinajstić information content (AvgIpc) is 2.56. The number of carboxylic acids is 1. The molecule has 1 aliphatic carbocycles. The molecule has 1 saturated carbocycles. The van der Waals surface area contributed by atoms with Crippen molar-refractivity contribution >= 4 is 23.6 Å². The maximum Gasteiger partial charge on any atom is 0.306 e. The Morgan fingerprint density at radius 3 is 2.35 bits per heavy atom. The second-order valence-electron chi connectivity index (χ2n) is 5.83. The van der Waals surface area contributed by atoms with Crippen LogP contribution in [0.2, 0.25) is 0 Å². The molecule has 0 bridgehead atoms. The summed E-state index contributed by atoms with van der Waals surface area (Å²) in [4.78, 5) is 24.2. The summed E-state index contributed by atoms with van der Waals surface area (Å²) in [5.41, 5.74) is 0. The first kappa shape index (κ1) is 17.7. The number of benzene rings is 1. The fraction of sp³-hybridized carbons (Fsp3) is 0.529. The number of carboxylic acid groups (broad SMARTS) is 1. The fourth-order valence-corrected chi connectivity index (χ4v) is 3.59. The van der Waals surface area contributed by atoms with Crippen molar-refractivity contribution in [2.75, 3.05) is 7.11 Å². The molecule has 2 rings (SSSR count). The second kappa shape index (κ2) is 8.24. The van der Waals surface area contributed by atoms with E-state index in [2.05, 4.69) is 5.32 Å². The third-order valence-electron chi connectivity index (χ3n) is 4.16. The van der Waals surface area contributed by atoms with Gasteiger partial charge in [0, 0.05) is 10.9 Å². The highest BCUT2D eigenvalue weighted by Gasteiger charge is 2.27. The van der Waals surface area contributed by atoms with Crippen LogP contribution in [-0.4, -0.2) is 35.4 Å². The van der Waals surface area contributed by atoms with Crippen molar-refractivity contribution in [3.05, 3.63) is 24.3 Å². The largest absolute Gasteiger partial charge is 0.497 e. The molecule has 0 spiro atoms. The summed E-state index contributed by atoms with van der Waals surface area (Å²) in [6.45, 7) is 1.88. The van der Waals surface area contributed by atoms with E-state index in [0.717, 1.165) is 23.5 Å². The third-order valence-corrected chi connectivity index (χ3v) is 5.28. The van der Waals surface area contributed by atoms with Gasteiger partial charge in [0.05, 0.1) is 18.3 Å². The number of aliphatic carboxylic acids is 1. The number of methoxy groups -OCH3 is 1. The van der Waals surface area contributed by atoms with Crippen molar-refractivity contribution in [3.8, 4) is 5.75 Å². The van der Waals surface area contributed by atoms with Crippen molar-refractivity contribution in [3.63, 3.8) is 0 Å². The van der Waals surface area contributed by atoms with Gasteiger partial charge >= 0.3 is 5.97 Å². The van der Waals surface area contributed by atoms with Crippen molar-refractivity contribution in [2.45, 2.75) is 48.8 Å². The van der Waals surface area contributed by atoms with Crippen LogP contribution in [0, 0.1) is 5.92 Å². The van der Waals surface area contributed by atoms with E-state index in [4.69, 9.17) is 9.84 Å². The number of carbonyl (C=O) groups is 2. The van der Waals surface area contributed by atoms with Crippen LogP contribution in [0.3, 0.4) is 0 Å². The maximum absolute atomic E-state index is 12.3. The van der Waals surface area contributed by atoms with Gasteiger partial charge in [0.1, 0.15) is 5.75 Å². The number of amides is 1. The van der Waals surface area contributed by atoms with Gasteiger partial charge in [0.25, 0.3) is 0 Å². The summed E-state index contributed by atoms with van der Waals surface area (Å²) in [7, 11) is 1.62. The first-order chi connectivity index (χ1) is 11.0. The Morgan fingerprint density at radius 2 is 1.83 bits per heavy atom. The molecular weight excluding hydrogens is 314 g/mol. The molecule has 1 aliphatic rings. The molecule has 2 N–H and O–H groups in total. The van der Waals surface area contributed by atoms with E-state index < -0.39 is 5.97 Å². The van der Waals surface area contributed by atoms with Crippen LogP contribution in [0.4, 0.5) is 0 Å². The van der Waals surface area contributed by atoms with E-state index in [1.54, 1.807) is 7.11 Å². The molecule has 1 unspecified atom stereocenters. The van der Waals surface area contributed by atoms with Crippen LogP contribution in [0.1, 0.15) is 32.6 Å². The maximum atomic E-state index is 12.3. The number of rotatable bonds is 6. The predicted octanol–water partition coefficient (Wildman–Crippen LogP) is 2.94. The number of carbonyl (C=O) groups excluding carboxylic acids is 1. The van der Waals surface area contributed by atoms with E-state index in [9.17, 15) is 9.59 Å². The van der Waals surface area contributed by atoms with Crippen molar-refractivity contribution in [1.82, 2.24) is 5.32 Å². The zero-order valence-corrected chi connectivity index (χ0v) is 14.3. The van der Waals surface area contributed by atoms with Crippen LogP contribution in [0.15, 0.2) is 29.2 Å². The van der Waals surface area contributed by atoms with Gasteiger partial charge in [-0.1, -0.05) is 0 Å². The summed E-state index contributed by atoms with van der Waals surface area (Å²) >= 11 is 1.50. The Morgan fingerprint density at radius 1 is 1.22 bits per heavy atom. The monoisotopic (exact) mass is 337 g/mol. The van der Waals surface area contributed by atoms with Crippen LogP contribution < -0.4 is 10.1 Å². The predicted molar refractivity (Wildman–Crippen MR) is 89.8 cm³/mol. The lowest BCUT2D eigenvalue weighted by molar-refractivity contribution is -0.142. The Kier molecular flexibility index (Phi) is 6.33. The second-order valence-corrected chi connectivity index (χ2v) is 7.25. The smallest absolute Gasteiger partial charge is 0.306 e. The van der Waals surface area contributed by atoms with Gasteiger partial charge in [-0.3, -0.25) is 9.59 Å². The zero-order chi connectivity index (χ0) is 16.8. The Labute approximate surface area is 140 Å². The lowest BCUT2D eigenvalue weighted by Crippen LogP contribution is -2.42. The molecule has 0 saturated heterocycles. The number of thioether (sulfide) groups is 1. The highest BCUT2D eigenvalue weighted by atomic mass is 32.2. The van der Waals surface area contributed by atoms with Crippen LogP contribution in [-0.2, 0) is 9.59 Å². The summed E-state index contributed by atoms with van der Waals surface area (Å²) in [6, 6.07) is 7.72. The van der Waals surface area contributed by atoms with E-state index in [1.807, 2.05) is 31.2 Å². The Bertz CT molecular complexity index is 538. The molecule has 1 aromatic carbocycles. The number of nitrogens with one attached hydrogen (secondary N) is 1. The van der Waals surface area contributed by atoms with Crippen LogP contribution >= 0.6 is 11.8 Å². The van der Waals surface area contributed by atoms with Crippen molar-refractivity contribution in [1.29, 1.82) is 0 Å². The SMILES string of the molecule is COc1ccc(SC(C)C(=O)NC2CCC(C(=O)O)CC2)cc1. The van der Waals surface area contributed by atoms with Gasteiger partial charge in [-0.05, 0) is 56.9 Å². The molecular formula is C17H23NO4S. The minimum atomic E-state index is -0.724. The van der Waals surface area contributed by atoms with E-state index in [1.165, 1.54) is 11.8 Å². The highest BCUT2D eigenvalue weighted by molar-refractivity contribution is 8.00. The number of hydrogen-bond donors (Lipinski definition) is 2. The van der Waals surface area contributed by atoms with Crippen molar-refractivity contribution in [2.24, 2.45) is 5.92 Å². The lowest BCUT2D eigenvalue weighted by atomic mass is 9.86. The van der Waals surface area contributed by atoms with Gasteiger partial charge < -0.3 is 15.2 Å². The normalized spacial score (nSPS) is 22.2. The molecule has 1 fully saturated rings. The summed E-state index contributed by atoms with van der Waals surface area (Å²) in [5, 5.41) is 11.8. The number of ether oxygens (including phenoxy) is 1. The molecule has 1 atom stereocenters. The first-order valence-electron chi connectivity index (χ1n) is 7.83. The van der Waals surface area contributed by atoms with Crippen molar-refractivity contribution < 1.29 is 19.4 Å². The quantitative estimate of drug-likeness (QED) is 0.781. The summed E-state index contributed by atoms with van der Waals surface area (Å²) in [6.07, 6.45) is 2.76. The molecule has 0 aliphatic heterocycles. The van der Waals surface area contributed by atoms with Gasteiger partial charge in [0.2, 0.25) is 5.91 Å². The topological polar surface area (TPSA) is 75.6 Å². The minimum Gasteiger partial charge on any atom is -0.497 e. The molecule has 0 heterocycles. The summed E-state index contributed by atoms with van der Waals surface area (Å²) in [5.74, 6) is -0.182. The standard InChI is InChI=1S/C17H23NO4S/c1-11(23-15-9-7-14(22-2)8-10-15)16(19)18-13-5-3-12(4-6-13)17(20)21/h7-13H,3-6H2,1-2H3,(H,18,19)(H,20,21). The highest BCUT2D eigenvalue weighted by Crippen LogP contribution is 2.27.